The lowest BCUT2D eigenvalue weighted by atomic mass is 9.78. The van der Waals surface area contributed by atoms with Gasteiger partial charge >= 0.3 is 0 Å². The standard InChI is InChI=1S/C18H28N2/c1-20-12-8-16(9-13-20)15-4-6-17(7-5-15)18(14-19)10-2-3-11-18/h4-7,16H,2-3,8-14,19H2,1H3. The molecule has 0 aromatic heterocycles. The van der Waals surface area contributed by atoms with Crippen molar-refractivity contribution in [3.63, 3.8) is 0 Å². The van der Waals surface area contributed by atoms with E-state index in [0.717, 1.165) is 12.5 Å². The number of nitrogens with zero attached hydrogens (tertiary/aromatic N) is 1. The highest BCUT2D eigenvalue weighted by molar-refractivity contribution is 5.32. The number of rotatable bonds is 3. The number of hydrogen-bond donors (Lipinski definition) is 1. The van der Waals surface area contributed by atoms with E-state index < -0.39 is 0 Å². The van der Waals surface area contributed by atoms with E-state index in [1.165, 1.54) is 62.7 Å². The molecule has 1 aromatic carbocycles. The molecule has 0 spiro atoms. The third kappa shape index (κ3) is 2.64. The number of nitrogens with two attached hydrogens (primary N) is 1. The average Bonchev–Trinajstić information content (AvgIpc) is 2.98. The molecular weight excluding hydrogens is 244 g/mol. The molecular formula is C18H28N2. The number of piperidine rings is 1. The van der Waals surface area contributed by atoms with E-state index in [-0.39, 0.29) is 5.41 Å². The van der Waals surface area contributed by atoms with Crippen LogP contribution in [0, 0.1) is 0 Å². The van der Waals surface area contributed by atoms with Crippen molar-refractivity contribution in [3.05, 3.63) is 35.4 Å². The first-order valence-electron chi connectivity index (χ1n) is 8.23. The van der Waals surface area contributed by atoms with Crippen LogP contribution >= 0.6 is 0 Å². The molecule has 2 N–H and O–H groups in total. The maximum Gasteiger partial charge on any atom is 0.00755 e. The van der Waals surface area contributed by atoms with Gasteiger partial charge in [-0.05, 0) is 62.9 Å². The first-order valence-corrected chi connectivity index (χ1v) is 8.23. The summed E-state index contributed by atoms with van der Waals surface area (Å²) >= 11 is 0. The van der Waals surface area contributed by atoms with Crippen LogP contribution in [0.5, 0.6) is 0 Å². The maximum atomic E-state index is 6.09. The monoisotopic (exact) mass is 272 g/mol. The van der Waals surface area contributed by atoms with Crippen molar-refractivity contribution in [1.29, 1.82) is 0 Å². The molecule has 0 radical (unpaired) electrons. The molecule has 1 saturated heterocycles. The minimum atomic E-state index is 0.283. The molecule has 1 aliphatic heterocycles. The zero-order valence-electron chi connectivity index (χ0n) is 12.8. The molecule has 110 valence electrons. The first-order chi connectivity index (χ1) is 9.73. The van der Waals surface area contributed by atoms with Gasteiger partial charge in [-0.2, -0.15) is 0 Å². The van der Waals surface area contributed by atoms with Crippen LogP contribution in [0.3, 0.4) is 0 Å². The molecule has 20 heavy (non-hydrogen) atoms. The lowest BCUT2D eigenvalue weighted by Crippen LogP contribution is -2.32. The molecule has 1 aliphatic carbocycles. The van der Waals surface area contributed by atoms with Gasteiger partial charge in [0, 0.05) is 12.0 Å². The van der Waals surface area contributed by atoms with E-state index in [9.17, 15) is 0 Å². The van der Waals surface area contributed by atoms with Gasteiger partial charge in [0.05, 0.1) is 0 Å². The Morgan fingerprint density at radius 2 is 1.70 bits per heavy atom. The quantitative estimate of drug-likeness (QED) is 0.915. The topological polar surface area (TPSA) is 29.3 Å². The van der Waals surface area contributed by atoms with Crippen LogP contribution < -0.4 is 5.73 Å². The minimum absolute atomic E-state index is 0.283. The second-order valence-corrected chi connectivity index (χ2v) is 6.89. The van der Waals surface area contributed by atoms with Crippen molar-refractivity contribution in [2.75, 3.05) is 26.7 Å². The van der Waals surface area contributed by atoms with Crippen LogP contribution in [0.15, 0.2) is 24.3 Å². The molecule has 0 bridgehead atoms. The molecule has 3 rings (SSSR count). The van der Waals surface area contributed by atoms with E-state index in [1.54, 1.807) is 0 Å². The Morgan fingerprint density at radius 3 is 2.25 bits per heavy atom. The largest absolute Gasteiger partial charge is 0.330 e. The Balaban J connectivity index is 1.74. The molecule has 2 heteroatoms. The van der Waals surface area contributed by atoms with E-state index in [0.29, 0.717) is 0 Å². The molecule has 0 atom stereocenters. The van der Waals surface area contributed by atoms with Gasteiger partial charge in [-0.1, -0.05) is 37.1 Å². The Hall–Kier alpha value is -0.860. The summed E-state index contributed by atoms with van der Waals surface area (Å²) < 4.78 is 0. The smallest absolute Gasteiger partial charge is 0.00755 e. The summed E-state index contributed by atoms with van der Waals surface area (Å²) in [5, 5.41) is 0. The summed E-state index contributed by atoms with van der Waals surface area (Å²) in [5.74, 6) is 0.762. The van der Waals surface area contributed by atoms with E-state index in [4.69, 9.17) is 5.73 Å². The highest BCUT2D eigenvalue weighted by atomic mass is 15.1. The fraction of sp³-hybridized carbons (Fsp3) is 0.667. The van der Waals surface area contributed by atoms with Gasteiger partial charge in [0.2, 0.25) is 0 Å². The minimum Gasteiger partial charge on any atom is -0.330 e. The summed E-state index contributed by atoms with van der Waals surface area (Å²) in [4.78, 5) is 2.44. The van der Waals surface area contributed by atoms with Crippen molar-refractivity contribution in [3.8, 4) is 0 Å². The van der Waals surface area contributed by atoms with Crippen molar-refractivity contribution < 1.29 is 0 Å². The molecule has 2 nitrogen and oxygen atoms in total. The van der Waals surface area contributed by atoms with Gasteiger partial charge in [0.1, 0.15) is 0 Å². The number of hydrogen-bond acceptors (Lipinski definition) is 2. The van der Waals surface area contributed by atoms with Crippen molar-refractivity contribution >= 4 is 0 Å². The second-order valence-electron chi connectivity index (χ2n) is 6.89. The summed E-state index contributed by atoms with van der Waals surface area (Å²) in [7, 11) is 2.23. The lowest BCUT2D eigenvalue weighted by Gasteiger charge is -2.31. The van der Waals surface area contributed by atoms with Gasteiger partial charge in [-0.15, -0.1) is 0 Å². The van der Waals surface area contributed by atoms with Gasteiger partial charge < -0.3 is 10.6 Å². The van der Waals surface area contributed by atoms with Crippen molar-refractivity contribution in [2.24, 2.45) is 5.73 Å². The van der Waals surface area contributed by atoms with Crippen molar-refractivity contribution in [1.82, 2.24) is 4.90 Å². The summed E-state index contributed by atoms with van der Waals surface area (Å²) in [6, 6.07) is 9.49. The molecule has 2 fully saturated rings. The van der Waals surface area contributed by atoms with Gasteiger partial charge in [-0.3, -0.25) is 0 Å². The predicted octanol–water partition coefficient (Wildman–Crippen LogP) is 3.27. The van der Waals surface area contributed by atoms with E-state index in [2.05, 4.69) is 36.2 Å². The number of likely N-dealkylation sites (tertiary alicyclic amines) is 1. The third-order valence-corrected chi connectivity index (χ3v) is 5.66. The fourth-order valence-electron chi connectivity index (χ4n) is 4.11. The SMILES string of the molecule is CN1CCC(c2ccc(C3(CN)CCCC3)cc2)CC1. The fourth-order valence-corrected chi connectivity index (χ4v) is 4.11. The maximum absolute atomic E-state index is 6.09. The normalized spacial score (nSPS) is 24.1. The van der Waals surface area contributed by atoms with E-state index in [1.807, 2.05) is 0 Å². The summed E-state index contributed by atoms with van der Waals surface area (Å²) in [5.41, 5.74) is 9.39. The zero-order chi connectivity index (χ0) is 14.0. The van der Waals surface area contributed by atoms with E-state index >= 15 is 0 Å². The summed E-state index contributed by atoms with van der Waals surface area (Å²) in [6.45, 7) is 3.28. The van der Waals surface area contributed by atoms with Crippen LogP contribution in [0.25, 0.3) is 0 Å². The van der Waals surface area contributed by atoms with Gasteiger partial charge in [0.25, 0.3) is 0 Å². The predicted molar refractivity (Wildman–Crippen MR) is 85.1 cm³/mol. The molecule has 1 saturated carbocycles. The van der Waals surface area contributed by atoms with Crippen LogP contribution in [0.2, 0.25) is 0 Å². The molecule has 1 heterocycles. The highest BCUT2D eigenvalue weighted by Crippen LogP contribution is 2.40. The van der Waals surface area contributed by atoms with Crippen LogP contribution in [-0.2, 0) is 5.41 Å². The molecule has 1 aromatic rings. The van der Waals surface area contributed by atoms with Gasteiger partial charge in [0.15, 0.2) is 0 Å². The Labute approximate surface area is 123 Å². The zero-order valence-corrected chi connectivity index (χ0v) is 12.8. The molecule has 2 aliphatic rings. The molecule has 0 unspecified atom stereocenters. The highest BCUT2D eigenvalue weighted by Gasteiger charge is 2.34. The Morgan fingerprint density at radius 1 is 1.10 bits per heavy atom. The van der Waals surface area contributed by atoms with Gasteiger partial charge in [-0.25, -0.2) is 0 Å². The second kappa shape index (κ2) is 5.87. The summed E-state index contributed by atoms with van der Waals surface area (Å²) in [6.07, 6.45) is 7.84. The Bertz CT molecular complexity index is 423. The van der Waals surface area contributed by atoms with Crippen molar-refractivity contribution in [2.45, 2.75) is 49.9 Å². The third-order valence-electron chi connectivity index (χ3n) is 5.66. The van der Waals surface area contributed by atoms with Crippen LogP contribution in [-0.4, -0.2) is 31.6 Å². The number of benzene rings is 1. The lowest BCUT2D eigenvalue weighted by molar-refractivity contribution is 0.255. The molecule has 0 amide bonds. The Kier molecular flexibility index (Phi) is 4.13. The van der Waals surface area contributed by atoms with Crippen LogP contribution in [0.1, 0.15) is 55.6 Å². The first kappa shape index (κ1) is 14.1. The average molecular weight is 272 g/mol. The van der Waals surface area contributed by atoms with Crippen LogP contribution in [0.4, 0.5) is 0 Å².